The van der Waals surface area contributed by atoms with E-state index in [2.05, 4.69) is 18.2 Å². The van der Waals surface area contributed by atoms with Crippen molar-refractivity contribution in [2.45, 2.75) is 20.1 Å². The molecule has 0 spiro atoms. The second-order valence-electron chi connectivity index (χ2n) is 7.42. The molecule has 10 heteroatoms. The number of carbonyl (C=O) groups is 1. The van der Waals surface area contributed by atoms with E-state index < -0.39 is 18.1 Å². The van der Waals surface area contributed by atoms with Gasteiger partial charge < -0.3 is 14.5 Å². The van der Waals surface area contributed by atoms with Crippen molar-refractivity contribution in [3.05, 3.63) is 62.0 Å². The van der Waals surface area contributed by atoms with Gasteiger partial charge in [-0.2, -0.15) is 14.0 Å². The average molecular weight is 476 g/mol. The quantitative estimate of drug-likeness (QED) is 0.570. The van der Waals surface area contributed by atoms with Gasteiger partial charge in [-0.05, 0) is 19.1 Å². The fraction of sp³-hybridized carbons (Fsp3) is 0.348. The van der Waals surface area contributed by atoms with Crippen LogP contribution in [-0.4, -0.2) is 54.7 Å². The molecular weight excluding hydrogens is 450 g/mol. The molecular formula is C23H25F2N4O3S+. The molecule has 0 radical (unpaired) electrons. The number of likely N-dealkylation sites (N-methyl/N-ethyl adjacent to an activating group) is 1. The standard InChI is InChI=1S/C23H24F2N4O3S/c1-3-9-29-21(31)19(14-16-7-5-6-8-18(16)32-23(24)25)33-22(29)17(15-26)20(30)28-12-10-27(4-2)11-13-28/h3,5-8,14,23H,1,4,9-13H2,2H3/p+1/b19-14-,22-17-. The minimum absolute atomic E-state index is 0.0750. The van der Waals surface area contributed by atoms with Crippen molar-refractivity contribution >= 4 is 28.9 Å². The van der Waals surface area contributed by atoms with E-state index in [0.717, 1.165) is 31.0 Å². The van der Waals surface area contributed by atoms with Gasteiger partial charge in [0, 0.05) is 12.1 Å². The number of nitrogens with one attached hydrogen (secondary N) is 1. The molecule has 3 rings (SSSR count). The number of nitriles is 1. The van der Waals surface area contributed by atoms with Crippen LogP contribution in [0.3, 0.4) is 0 Å². The summed E-state index contributed by atoms with van der Waals surface area (Å²) in [5, 5.41) is 9.82. The Morgan fingerprint density at radius 1 is 1.36 bits per heavy atom. The topological polar surface area (TPSA) is 79.8 Å². The summed E-state index contributed by atoms with van der Waals surface area (Å²) in [4.78, 5) is 29.2. The van der Waals surface area contributed by atoms with E-state index in [0.29, 0.717) is 13.1 Å². The lowest BCUT2D eigenvalue weighted by molar-refractivity contribution is -0.902. The predicted molar refractivity (Wildman–Crippen MR) is 122 cm³/mol. The summed E-state index contributed by atoms with van der Waals surface area (Å²) in [6.07, 6.45) is 2.93. The maximum absolute atomic E-state index is 13.1. The minimum atomic E-state index is -3.01. The number of nitrogens with zero attached hydrogens (tertiary/aromatic N) is 3. The van der Waals surface area contributed by atoms with Gasteiger partial charge in [-0.15, -0.1) is 17.9 Å². The van der Waals surface area contributed by atoms with Crippen LogP contribution in [0.15, 0.2) is 41.7 Å². The van der Waals surface area contributed by atoms with Crippen LogP contribution in [0.25, 0.3) is 11.6 Å². The first-order chi connectivity index (χ1) is 15.9. The molecule has 1 amide bonds. The number of rotatable bonds is 7. The van der Waals surface area contributed by atoms with E-state index in [-0.39, 0.29) is 32.6 Å². The van der Waals surface area contributed by atoms with E-state index in [4.69, 9.17) is 0 Å². The Balaban J connectivity index is 2.13. The number of amides is 1. The second-order valence-corrected chi connectivity index (χ2v) is 8.45. The molecule has 1 aliphatic heterocycles. The van der Waals surface area contributed by atoms with Crippen molar-refractivity contribution in [3.8, 4) is 11.8 Å². The molecule has 7 nitrogen and oxygen atoms in total. The van der Waals surface area contributed by atoms with Gasteiger partial charge in [0.05, 0.1) is 37.3 Å². The third kappa shape index (κ3) is 5.56. The van der Waals surface area contributed by atoms with Crippen molar-refractivity contribution in [1.29, 1.82) is 5.26 Å². The highest BCUT2D eigenvalue weighted by Gasteiger charge is 2.26. The molecule has 0 bridgehead atoms. The molecule has 174 valence electrons. The smallest absolute Gasteiger partial charge is 0.387 e. The predicted octanol–water partition coefficient (Wildman–Crippen LogP) is -0.0527. The number of thiazole rings is 1. The summed E-state index contributed by atoms with van der Waals surface area (Å²) < 4.78 is 31.8. The number of para-hydroxylation sites is 1. The Labute approximate surface area is 193 Å². The first kappa shape index (κ1) is 24.4. The zero-order valence-electron chi connectivity index (χ0n) is 18.2. The number of alkyl halides is 2. The number of ether oxygens (including phenoxy) is 1. The fourth-order valence-electron chi connectivity index (χ4n) is 3.67. The molecule has 1 aromatic carbocycles. The molecule has 2 heterocycles. The van der Waals surface area contributed by atoms with Gasteiger partial charge in [-0.3, -0.25) is 14.2 Å². The number of aromatic nitrogens is 1. The van der Waals surface area contributed by atoms with Crippen molar-refractivity contribution < 1.29 is 23.2 Å². The summed E-state index contributed by atoms with van der Waals surface area (Å²) in [5.41, 5.74) is -0.268. The number of hydrogen-bond acceptors (Lipinski definition) is 5. The molecule has 33 heavy (non-hydrogen) atoms. The molecule has 1 aromatic heterocycles. The molecule has 0 unspecified atom stereocenters. The highest BCUT2D eigenvalue weighted by Crippen LogP contribution is 2.20. The maximum atomic E-state index is 13.1. The number of piperazine rings is 1. The van der Waals surface area contributed by atoms with E-state index >= 15 is 0 Å². The Morgan fingerprint density at radius 2 is 2.06 bits per heavy atom. The van der Waals surface area contributed by atoms with Crippen LogP contribution in [0, 0.1) is 11.3 Å². The van der Waals surface area contributed by atoms with E-state index in [9.17, 15) is 23.6 Å². The number of carbonyl (C=O) groups excluding carboxylic acids is 1. The Morgan fingerprint density at radius 3 is 2.67 bits per heavy atom. The lowest BCUT2D eigenvalue weighted by atomic mass is 10.2. The molecule has 0 saturated carbocycles. The molecule has 1 aliphatic rings. The summed E-state index contributed by atoms with van der Waals surface area (Å²) >= 11 is 0.970. The van der Waals surface area contributed by atoms with E-state index in [1.807, 2.05) is 6.07 Å². The number of quaternary nitrogens is 1. The van der Waals surface area contributed by atoms with Crippen LogP contribution in [0.1, 0.15) is 12.5 Å². The van der Waals surface area contributed by atoms with Crippen molar-refractivity contribution in [2.24, 2.45) is 0 Å². The van der Waals surface area contributed by atoms with Gasteiger partial charge in [-0.1, -0.05) is 24.3 Å². The fourth-order valence-corrected chi connectivity index (χ4v) is 4.76. The van der Waals surface area contributed by atoms with Crippen molar-refractivity contribution in [3.63, 3.8) is 0 Å². The maximum Gasteiger partial charge on any atom is 0.387 e. The summed E-state index contributed by atoms with van der Waals surface area (Å²) in [5.74, 6) is -0.492. The molecule has 2 aromatic rings. The van der Waals surface area contributed by atoms with E-state index in [1.54, 1.807) is 23.1 Å². The van der Waals surface area contributed by atoms with Gasteiger partial charge in [0.15, 0.2) is 5.57 Å². The molecule has 0 aliphatic carbocycles. The number of hydrogen-bond donors (Lipinski definition) is 1. The van der Waals surface area contributed by atoms with Crippen LogP contribution in [-0.2, 0) is 11.3 Å². The lowest BCUT2D eigenvalue weighted by Crippen LogP contribution is -3.14. The van der Waals surface area contributed by atoms with Crippen LogP contribution >= 0.6 is 11.3 Å². The van der Waals surface area contributed by atoms with Gasteiger partial charge in [-0.25, -0.2) is 0 Å². The number of halogens is 2. The summed E-state index contributed by atoms with van der Waals surface area (Å²) in [6.45, 7) is 6.45. The van der Waals surface area contributed by atoms with Crippen molar-refractivity contribution in [1.82, 2.24) is 9.47 Å². The largest absolute Gasteiger partial charge is 0.434 e. The van der Waals surface area contributed by atoms with Gasteiger partial charge in [0.25, 0.3) is 11.5 Å². The first-order valence-electron chi connectivity index (χ1n) is 10.5. The molecule has 0 atom stereocenters. The SMILES string of the molecule is C=CCn1c(=O)/c(=C/c2ccccc2OC(F)F)s/c1=C(/C#N)C(=O)N1CC[NH+](CC)CC1. The highest BCUT2D eigenvalue weighted by molar-refractivity contribution is 7.07. The Bertz CT molecular complexity index is 1240. The van der Waals surface area contributed by atoms with Gasteiger partial charge in [0.1, 0.15) is 16.5 Å². The minimum Gasteiger partial charge on any atom is -0.434 e. The lowest BCUT2D eigenvalue weighted by Gasteiger charge is -2.31. The second kappa shape index (κ2) is 11.0. The normalized spacial score (nSPS) is 16.0. The number of benzene rings is 1. The van der Waals surface area contributed by atoms with Crippen LogP contribution < -0.4 is 24.4 Å². The number of allylic oxidation sites excluding steroid dienone is 1. The Hall–Kier alpha value is -3.29. The van der Waals surface area contributed by atoms with Gasteiger partial charge in [0.2, 0.25) is 0 Å². The van der Waals surface area contributed by atoms with Crippen LogP contribution in [0.4, 0.5) is 8.78 Å². The van der Waals surface area contributed by atoms with Gasteiger partial charge >= 0.3 is 6.61 Å². The third-order valence-electron chi connectivity index (χ3n) is 5.44. The molecule has 1 N–H and O–H groups in total. The first-order valence-corrected chi connectivity index (χ1v) is 11.3. The molecule has 1 fully saturated rings. The highest BCUT2D eigenvalue weighted by atomic mass is 32.1. The van der Waals surface area contributed by atoms with Crippen molar-refractivity contribution in [2.75, 3.05) is 32.7 Å². The zero-order valence-corrected chi connectivity index (χ0v) is 19.0. The summed E-state index contributed by atoms with van der Waals surface area (Å²) in [6, 6.07) is 8.08. The Kier molecular flexibility index (Phi) is 8.14. The zero-order chi connectivity index (χ0) is 24.0. The summed E-state index contributed by atoms with van der Waals surface area (Å²) in [7, 11) is 0. The molecule has 1 saturated heterocycles. The average Bonchev–Trinajstić information content (AvgIpc) is 3.10. The van der Waals surface area contributed by atoms with Crippen LogP contribution in [0.5, 0.6) is 5.75 Å². The third-order valence-corrected chi connectivity index (χ3v) is 6.57. The van der Waals surface area contributed by atoms with E-state index in [1.165, 1.54) is 27.7 Å². The van der Waals surface area contributed by atoms with Crippen LogP contribution in [0.2, 0.25) is 0 Å². The monoisotopic (exact) mass is 475 g/mol.